The Labute approximate surface area is 98.3 Å². The summed E-state index contributed by atoms with van der Waals surface area (Å²) in [5, 5.41) is 8.82. The number of carboxylic acids is 1. The molecule has 5 heteroatoms. The van der Waals surface area contributed by atoms with Crippen LogP contribution >= 0.6 is 0 Å². The van der Waals surface area contributed by atoms with Crippen molar-refractivity contribution in [2.24, 2.45) is 0 Å². The molecule has 0 aromatic heterocycles. The van der Waals surface area contributed by atoms with E-state index >= 15 is 0 Å². The fourth-order valence-corrected chi connectivity index (χ4v) is 1.21. The summed E-state index contributed by atoms with van der Waals surface area (Å²) in [4.78, 5) is 22.2. The van der Waals surface area contributed by atoms with Crippen LogP contribution in [0.5, 0.6) is 5.75 Å². The highest BCUT2D eigenvalue weighted by molar-refractivity contribution is 5.96. The van der Waals surface area contributed by atoms with Gasteiger partial charge in [0.25, 0.3) is 0 Å². The van der Waals surface area contributed by atoms with Gasteiger partial charge in [0, 0.05) is 0 Å². The number of esters is 1. The third kappa shape index (κ3) is 3.07. The van der Waals surface area contributed by atoms with Crippen molar-refractivity contribution in [2.45, 2.75) is 0 Å². The molecule has 0 spiro atoms. The van der Waals surface area contributed by atoms with Crippen LogP contribution in [0.1, 0.15) is 20.7 Å². The van der Waals surface area contributed by atoms with Crippen molar-refractivity contribution < 1.29 is 24.2 Å². The second-order valence-corrected chi connectivity index (χ2v) is 3.11. The van der Waals surface area contributed by atoms with Crippen LogP contribution in [0.25, 0.3) is 0 Å². The maximum atomic E-state index is 11.5. The smallest absolute Gasteiger partial charge is 0.341 e. The van der Waals surface area contributed by atoms with Crippen LogP contribution in [-0.2, 0) is 4.74 Å². The average molecular weight is 236 g/mol. The molecule has 0 radical (unpaired) electrons. The van der Waals surface area contributed by atoms with E-state index in [9.17, 15) is 9.59 Å². The van der Waals surface area contributed by atoms with Crippen molar-refractivity contribution in [3.63, 3.8) is 0 Å². The number of hydrogen-bond acceptors (Lipinski definition) is 4. The molecular weight excluding hydrogens is 224 g/mol. The largest absolute Gasteiger partial charge is 0.489 e. The molecule has 0 amide bonds. The van der Waals surface area contributed by atoms with Crippen LogP contribution in [0.4, 0.5) is 0 Å². The average Bonchev–Trinajstić information content (AvgIpc) is 2.35. The van der Waals surface area contributed by atoms with Crippen LogP contribution in [0.3, 0.4) is 0 Å². The maximum absolute atomic E-state index is 11.5. The Bertz CT molecular complexity index is 450. The molecule has 0 unspecified atom stereocenters. The van der Waals surface area contributed by atoms with Crippen LogP contribution < -0.4 is 4.74 Å². The molecule has 90 valence electrons. The summed E-state index contributed by atoms with van der Waals surface area (Å²) < 4.78 is 9.79. The van der Waals surface area contributed by atoms with E-state index in [1.165, 1.54) is 31.4 Å². The highest BCUT2D eigenvalue weighted by Gasteiger charge is 2.16. The van der Waals surface area contributed by atoms with Crippen LogP contribution in [-0.4, -0.2) is 30.8 Å². The van der Waals surface area contributed by atoms with Crippen LogP contribution in [0, 0.1) is 0 Å². The second kappa shape index (κ2) is 5.69. The van der Waals surface area contributed by atoms with Crippen molar-refractivity contribution in [3.05, 3.63) is 42.0 Å². The van der Waals surface area contributed by atoms with Gasteiger partial charge in [0.2, 0.25) is 0 Å². The monoisotopic (exact) mass is 236 g/mol. The lowest BCUT2D eigenvalue weighted by Gasteiger charge is -2.09. The lowest BCUT2D eigenvalue weighted by Crippen LogP contribution is -2.08. The van der Waals surface area contributed by atoms with E-state index in [2.05, 4.69) is 11.3 Å². The van der Waals surface area contributed by atoms with E-state index in [0.717, 1.165) is 0 Å². The summed E-state index contributed by atoms with van der Waals surface area (Å²) in [6.45, 7) is 3.70. The zero-order chi connectivity index (χ0) is 12.8. The molecule has 0 aliphatic heterocycles. The highest BCUT2D eigenvalue weighted by atomic mass is 16.5. The minimum atomic E-state index is -1.12. The van der Waals surface area contributed by atoms with Gasteiger partial charge < -0.3 is 14.6 Å². The number of carboxylic acid groups (broad SMARTS) is 1. The molecule has 0 saturated heterocycles. The SMILES string of the molecule is C=CCOc1ccc(C(=O)O)cc1C(=O)OC. The van der Waals surface area contributed by atoms with Gasteiger partial charge in [-0.05, 0) is 18.2 Å². The highest BCUT2D eigenvalue weighted by Crippen LogP contribution is 2.21. The first-order valence-corrected chi connectivity index (χ1v) is 4.79. The molecule has 1 aromatic rings. The number of ether oxygens (including phenoxy) is 2. The number of rotatable bonds is 5. The second-order valence-electron chi connectivity index (χ2n) is 3.11. The lowest BCUT2D eigenvalue weighted by atomic mass is 10.1. The van der Waals surface area contributed by atoms with Crippen molar-refractivity contribution in [1.29, 1.82) is 0 Å². The van der Waals surface area contributed by atoms with E-state index in [1.54, 1.807) is 0 Å². The van der Waals surface area contributed by atoms with Crippen LogP contribution in [0.15, 0.2) is 30.9 Å². The molecule has 0 atom stereocenters. The molecule has 0 aliphatic carbocycles. The van der Waals surface area contributed by atoms with Crippen LogP contribution in [0.2, 0.25) is 0 Å². The number of carbonyl (C=O) groups excluding carboxylic acids is 1. The molecular formula is C12H12O5. The zero-order valence-electron chi connectivity index (χ0n) is 9.30. The van der Waals surface area contributed by atoms with Crippen molar-refractivity contribution in [1.82, 2.24) is 0 Å². The maximum Gasteiger partial charge on any atom is 0.341 e. The summed E-state index contributed by atoms with van der Waals surface area (Å²) in [5.41, 5.74) is 0.0746. The van der Waals surface area contributed by atoms with E-state index in [1.807, 2.05) is 0 Å². The summed E-state index contributed by atoms with van der Waals surface area (Å²) in [5.74, 6) is -1.50. The first kappa shape index (κ1) is 12.8. The third-order valence-corrected chi connectivity index (χ3v) is 1.99. The van der Waals surface area contributed by atoms with Gasteiger partial charge in [0.1, 0.15) is 17.9 Å². The third-order valence-electron chi connectivity index (χ3n) is 1.99. The topological polar surface area (TPSA) is 72.8 Å². The Morgan fingerprint density at radius 1 is 1.47 bits per heavy atom. The summed E-state index contributed by atoms with van der Waals surface area (Å²) in [7, 11) is 1.22. The molecule has 1 aromatic carbocycles. The van der Waals surface area contributed by atoms with E-state index in [4.69, 9.17) is 9.84 Å². The number of aromatic carboxylic acids is 1. The lowest BCUT2D eigenvalue weighted by molar-refractivity contribution is 0.0596. The Hall–Kier alpha value is -2.30. The first-order chi connectivity index (χ1) is 8.10. The molecule has 0 fully saturated rings. The van der Waals surface area contributed by atoms with E-state index in [-0.39, 0.29) is 23.5 Å². The number of hydrogen-bond donors (Lipinski definition) is 1. The van der Waals surface area contributed by atoms with Gasteiger partial charge in [0.15, 0.2) is 0 Å². The molecule has 17 heavy (non-hydrogen) atoms. The fraction of sp³-hybridized carbons (Fsp3) is 0.167. The molecule has 0 heterocycles. The van der Waals surface area contributed by atoms with Gasteiger partial charge in [0.05, 0.1) is 12.7 Å². The minimum Gasteiger partial charge on any atom is -0.489 e. The summed E-state index contributed by atoms with van der Waals surface area (Å²) in [6.07, 6.45) is 1.52. The van der Waals surface area contributed by atoms with Crippen molar-refractivity contribution >= 4 is 11.9 Å². The summed E-state index contributed by atoms with van der Waals surface area (Å²) >= 11 is 0. The van der Waals surface area contributed by atoms with Gasteiger partial charge in [-0.2, -0.15) is 0 Å². The van der Waals surface area contributed by atoms with Gasteiger partial charge in [-0.25, -0.2) is 9.59 Å². The Morgan fingerprint density at radius 3 is 2.71 bits per heavy atom. The Morgan fingerprint density at radius 2 is 2.18 bits per heavy atom. The number of carbonyl (C=O) groups is 2. The predicted octanol–water partition coefficient (Wildman–Crippen LogP) is 1.74. The summed E-state index contributed by atoms with van der Waals surface area (Å²) in [6, 6.07) is 3.99. The standard InChI is InChI=1S/C12H12O5/c1-3-6-17-10-5-4-8(11(13)14)7-9(10)12(15)16-2/h3-5,7H,1,6H2,2H3,(H,13,14). The van der Waals surface area contributed by atoms with Gasteiger partial charge in [-0.15, -0.1) is 0 Å². The zero-order valence-corrected chi connectivity index (χ0v) is 9.30. The molecule has 1 N–H and O–H groups in total. The minimum absolute atomic E-state index is 0.00338. The Balaban J connectivity index is 3.16. The van der Waals surface area contributed by atoms with Crippen molar-refractivity contribution in [2.75, 3.05) is 13.7 Å². The van der Waals surface area contributed by atoms with Gasteiger partial charge in [-0.1, -0.05) is 12.7 Å². The quantitative estimate of drug-likeness (QED) is 0.622. The van der Waals surface area contributed by atoms with E-state index in [0.29, 0.717) is 0 Å². The van der Waals surface area contributed by atoms with E-state index < -0.39 is 11.9 Å². The fourth-order valence-electron chi connectivity index (χ4n) is 1.21. The molecule has 0 bridgehead atoms. The first-order valence-electron chi connectivity index (χ1n) is 4.79. The Kier molecular flexibility index (Phi) is 4.28. The number of methoxy groups -OCH3 is 1. The molecule has 0 saturated carbocycles. The van der Waals surface area contributed by atoms with Gasteiger partial charge in [-0.3, -0.25) is 0 Å². The molecule has 5 nitrogen and oxygen atoms in total. The predicted molar refractivity (Wildman–Crippen MR) is 60.4 cm³/mol. The molecule has 1 rings (SSSR count). The van der Waals surface area contributed by atoms with Gasteiger partial charge >= 0.3 is 11.9 Å². The molecule has 0 aliphatic rings. The van der Waals surface area contributed by atoms with Crippen molar-refractivity contribution in [3.8, 4) is 5.75 Å². The normalized spacial score (nSPS) is 9.47. The number of benzene rings is 1.